The van der Waals surface area contributed by atoms with Crippen LogP contribution in [0.5, 0.6) is 0 Å². The summed E-state index contributed by atoms with van der Waals surface area (Å²) in [6.45, 7) is 3.04. The standard InChI is InChI=1S/C13H21NO4/c1-9-2-5-11(13(16)17)6-14(9)12(15)8-18-7-10-3-4-10/h9-11H,2-8H2,1H3,(H,16,17). The third kappa shape index (κ3) is 3.45. The minimum atomic E-state index is -0.807. The molecule has 0 aromatic rings. The lowest BCUT2D eigenvalue weighted by Gasteiger charge is -2.36. The Morgan fingerprint density at radius 3 is 2.61 bits per heavy atom. The Hall–Kier alpha value is -1.10. The Morgan fingerprint density at radius 1 is 1.28 bits per heavy atom. The van der Waals surface area contributed by atoms with Crippen molar-refractivity contribution in [3.05, 3.63) is 0 Å². The Morgan fingerprint density at radius 2 is 2.00 bits per heavy atom. The van der Waals surface area contributed by atoms with Gasteiger partial charge >= 0.3 is 5.97 Å². The van der Waals surface area contributed by atoms with E-state index in [1.807, 2.05) is 6.92 Å². The highest BCUT2D eigenvalue weighted by molar-refractivity contribution is 5.79. The van der Waals surface area contributed by atoms with E-state index in [1.165, 1.54) is 12.8 Å². The molecule has 1 heterocycles. The van der Waals surface area contributed by atoms with Gasteiger partial charge in [-0.25, -0.2) is 0 Å². The van der Waals surface area contributed by atoms with Crippen LogP contribution in [0.4, 0.5) is 0 Å². The van der Waals surface area contributed by atoms with Gasteiger partial charge in [0, 0.05) is 12.6 Å². The number of carbonyl (C=O) groups is 2. The van der Waals surface area contributed by atoms with E-state index in [0.29, 0.717) is 25.5 Å². The highest BCUT2D eigenvalue weighted by Gasteiger charge is 2.32. The first-order chi connectivity index (χ1) is 8.58. The van der Waals surface area contributed by atoms with Gasteiger partial charge in [-0.3, -0.25) is 9.59 Å². The third-order valence-corrected chi connectivity index (χ3v) is 3.83. The molecule has 0 aromatic carbocycles. The Labute approximate surface area is 107 Å². The van der Waals surface area contributed by atoms with Crippen molar-refractivity contribution >= 4 is 11.9 Å². The van der Waals surface area contributed by atoms with Gasteiger partial charge < -0.3 is 14.7 Å². The van der Waals surface area contributed by atoms with Crippen molar-refractivity contribution in [1.29, 1.82) is 0 Å². The van der Waals surface area contributed by atoms with Crippen LogP contribution in [-0.2, 0) is 14.3 Å². The van der Waals surface area contributed by atoms with Gasteiger partial charge in [-0.1, -0.05) is 0 Å². The molecule has 1 aliphatic heterocycles. The summed E-state index contributed by atoms with van der Waals surface area (Å²) in [7, 11) is 0. The zero-order valence-electron chi connectivity index (χ0n) is 10.8. The third-order valence-electron chi connectivity index (χ3n) is 3.83. The number of hydrogen-bond acceptors (Lipinski definition) is 3. The first-order valence-corrected chi connectivity index (χ1v) is 6.68. The van der Waals surface area contributed by atoms with Gasteiger partial charge in [0.25, 0.3) is 0 Å². The molecule has 0 bridgehead atoms. The molecule has 1 N–H and O–H groups in total. The molecular formula is C13H21NO4. The first kappa shape index (κ1) is 13.3. The number of nitrogens with zero attached hydrogens (tertiary/aromatic N) is 1. The van der Waals surface area contributed by atoms with Gasteiger partial charge in [-0.2, -0.15) is 0 Å². The normalized spacial score (nSPS) is 28.2. The molecule has 102 valence electrons. The van der Waals surface area contributed by atoms with E-state index in [-0.39, 0.29) is 18.6 Å². The van der Waals surface area contributed by atoms with Crippen LogP contribution in [0, 0.1) is 11.8 Å². The summed E-state index contributed by atoms with van der Waals surface area (Å²) in [5.41, 5.74) is 0. The van der Waals surface area contributed by atoms with E-state index in [1.54, 1.807) is 4.90 Å². The fraction of sp³-hybridized carbons (Fsp3) is 0.846. The second-order valence-electron chi connectivity index (χ2n) is 5.47. The number of likely N-dealkylation sites (tertiary alicyclic amines) is 1. The van der Waals surface area contributed by atoms with Crippen LogP contribution >= 0.6 is 0 Å². The van der Waals surface area contributed by atoms with Crippen molar-refractivity contribution in [2.75, 3.05) is 19.8 Å². The lowest BCUT2D eigenvalue weighted by atomic mass is 9.93. The summed E-state index contributed by atoms with van der Waals surface area (Å²) >= 11 is 0. The van der Waals surface area contributed by atoms with E-state index in [2.05, 4.69) is 0 Å². The molecule has 0 radical (unpaired) electrons. The second kappa shape index (κ2) is 5.69. The molecule has 1 saturated carbocycles. The molecule has 2 atom stereocenters. The fourth-order valence-electron chi connectivity index (χ4n) is 2.34. The number of hydrogen-bond donors (Lipinski definition) is 1. The highest BCUT2D eigenvalue weighted by Crippen LogP contribution is 2.29. The molecule has 2 unspecified atom stereocenters. The molecule has 0 aromatic heterocycles. The zero-order valence-corrected chi connectivity index (χ0v) is 10.8. The Kier molecular flexibility index (Phi) is 4.22. The van der Waals surface area contributed by atoms with Crippen molar-refractivity contribution in [1.82, 2.24) is 4.90 Å². The van der Waals surface area contributed by atoms with E-state index >= 15 is 0 Å². The molecule has 2 rings (SSSR count). The van der Waals surface area contributed by atoms with Crippen LogP contribution in [-0.4, -0.2) is 47.7 Å². The summed E-state index contributed by atoms with van der Waals surface area (Å²) in [5.74, 6) is -0.662. The zero-order chi connectivity index (χ0) is 13.1. The lowest BCUT2D eigenvalue weighted by Crippen LogP contribution is -2.48. The number of carboxylic acids is 1. The summed E-state index contributed by atoms with van der Waals surface area (Å²) < 4.78 is 5.38. The summed E-state index contributed by atoms with van der Waals surface area (Å²) in [5, 5.41) is 9.01. The number of amides is 1. The number of aliphatic carboxylic acids is 1. The van der Waals surface area contributed by atoms with Crippen LogP contribution in [0.3, 0.4) is 0 Å². The maximum absolute atomic E-state index is 12.0. The molecule has 2 fully saturated rings. The van der Waals surface area contributed by atoms with E-state index in [4.69, 9.17) is 9.84 Å². The number of carboxylic acid groups (broad SMARTS) is 1. The minimum absolute atomic E-state index is 0.0749. The molecule has 2 aliphatic rings. The van der Waals surface area contributed by atoms with Crippen LogP contribution < -0.4 is 0 Å². The second-order valence-corrected chi connectivity index (χ2v) is 5.47. The molecule has 5 heteroatoms. The molecule has 1 saturated heterocycles. The van der Waals surface area contributed by atoms with Crippen LogP contribution in [0.1, 0.15) is 32.6 Å². The van der Waals surface area contributed by atoms with Crippen molar-refractivity contribution in [3.8, 4) is 0 Å². The fourth-order valence-corrected chi connectivity index (χ4v) is 2.34. The lowest BCUT2D eigenvalue weighted by molar-refractivity contribution is -0.148. The van der Waals surface area contributed by atoms with Gasteiger partial charge in [0.1, 0.15) is 6.61 Å². The maximum Gasteiger partial charge on any atom is 0.308 e. The van der Waals surface area contributed by atoms with E-state index < -0.39 is 11.9 Å². The average molecular weight is 255 g/mol. The molecule has 18 heavy (non-hydrogen) atoms. The Bertz CT molecular complexity index is 327. The minimum Gasteiger partial charge on any atom is -0.481 e. The van der Waals surface area contributed by atoms with Gasteiger partial charge in [-0.15, -0.1) is 0 Å². The average Bonchev–Trinajstić information content (AvgIpc) is 3.13. The Balaban J connectivity index is 1.79. The van der Waals surface area contributed by atoms with Crippen molar-refractivity contribution in [3.63, 3.8) is 0 Å². The van der Waals surface area contributed by atoms with Crippen molar-refractivity contribution in [2.24, 2.45) is 11.8 Å². The number of carbonyl (C=O) groups excluding carboxylic acids is 1. The van der Waals surface area contributed by atoms with Gasteiger partial charge in [0.2, 0.25) is 5.91 Å². The van der Waals surface area contributed by atoms with Crippen molar-refractivity contribution in [2.45, 2.75) is 38.6 Å². The summed E-state index contributed by atoms with van der Waals surface area (Å²) in [4.78, 5) is 24.6. The quantitative estimate of drug-likeness (QED) is 0.799. The van der Waals surface area contributed by atoms with Crippen LogP contribution in [0.2, 0.25) is 0 Å². The first-order valence-electron chi connectivity index (χ1n) is 6.68. The summed E-state index contributed by atoms with van der Waals surface area (Å²) in [6, 6.07) is 0.123. The van der Waals surface area contributed by atoms with Gasteiger partial charge in [0.05, 0.1) is 12.5 Å². The predicted octanol–water partition coefficient (Wildman–Crippen LogP) is 1.12. The molecule has 1 aliphatic carbocycles. The van der Waals surface area contributed by atoms with Crippen LogP contribution in [0.15, 0.2) is 0 Å². The SMILES string of the molecule is CC1CCC(C(=O)O)CN1C(=O)COCC1CC1. The molecule has 5 nitrogen and oxygen atoms in total. The molecule has 0 spiro atoms. The number of piperidine rings is 1. The number of rotatable bonds is 5. The van der Waals surface area contributed by atoms with E-state index in [9.17, 15) is 9.59 Å². The highest BCUT2D eigenvalue weighted by atomic mass is 16.5. The summed E-state index contributed by atoms with van der Waals surface area (Å²) in [6.07, 6.45) is 3.82. The smallest absolute Gasteiger partial charge is 0.308 e. The van der Waals surface area contributed by atoms with Crippen molar-refractivity contribution < 1.29 is 19.4 Å². The van der Waals surface area contributed by atoms with Gasteiger partial charge in [-0.05, 0) is 38.5 Å². The van der Waals surface area contributed by atoms with E-state index in [0.717, 1.165) is 6.42 Å². The van der Waals surface area contributed by atoms with Crippen LogP contribution in [0.25, 0.3) is 0 Å². The topological polar surface area (TPSA) is 66.8 Å². The predicted molar refractivity (Wildman–Crippen MR) is 65.1 cm³/mol. The molecule has 1 amide bonds. The largest absolute Gasteiger partial charge is 0.481 e. The van der Waals surface area contributed by atoms with Gasteiger partial charge in [0.15, 0.2) is 0 Å². The monoisotopic (exact) mass is 255 g/mol. The number of ether oxygens (including phenoxy) is 1. The molecular weight excluding hydrogens is 234 g/mol. The maximum atomic E-state index is 12.0.